The topological polar surface area (TPSA) is 105 Å². The third-order valence-corrected chi connectivity index (χ3v) is 8.65. The highest BCUT2D eigenvalue weighted by Gasteiger charge is 2.26. The van der Waals surface area contributed by atoms with Crippen molar-refractivity contribution in [3.05, 3.63) is 82.9 Å². The summed E-state index contributed by atoms with van der Waals surface area (Å²) in [6.07, 6.45) is 7.38. The minimum atomic E-state index is -0.715. The molecule has 42 heavy (non-hydrogen) atoms. The number of nitrogens with one attached hydrogen (secondary N) is 1. The molecule has 1 N–H and O–H groups in total. The number of aryl methyl sites for hydroxylation is 1. The molecule has 0 spiro atoms. The predicted molar refractivity (Wildman–Crippen MR) is 159 cm³/mol. The summed E-state index contributed by atoms with van der Waals surface area (Å²) in [5.74, 6) is 0.571. The zero-order chi connectivity index (χ0) is 28.6. The molecular formula is C31H33FN8O2. The maximum absolute atomic E-state index is 13.8. The van der Waals surface area contributed by atoms with E-state index in [2.05, 4.69) is 34.3 Å². The van der Waals surface area contributed by atoms with Gasteiger partial charge in [-0.25, -0.2) is 24.1 Å². The Morgan fingerprint density at radius 1 is 0.976 bits per heavy atom. The molecule has 11 heteroatoms. The van der Waals surface area contributed by atoms with Gasteiger partial charge in [0.15, 0.2) is 5.65 Å². The molecule has 0 aliphatic carbocycles. The molecule has 216 valence electrons. The number of H-pyrrole nitrogens is 1. The predicted octanol–water partition coefficient (Wildman–Crippen LogP) is 3.98. The van der Waals surface area contributed by atoms with Crippen molar-refractivity contribution in [3.63, 3.8) is 0 Å². The van der Waals surface area contributed by atoms with Gasteiger partial charge in [0, 0.05) is 73.7 Å². The summed E-state index contributed by atoms with van der Waals surface area (Å²) < 4.78 is 17.5. The highest BCUT2D eigenvalue weighted by atomic mass is 19.1. The zero-order valence-electron chi connectivity index (χ0n) is 23.3. The van der Waals surface area contributed by atoms with Gasteiger partial charge in [-0.05, 0) is 50.4 Å². The maximum atomic E-state index is 13.8. The van der Waals surface area contributed by atoms with E-state index in [-0.39, 0.29) is 17.5 Å². The lowest BCUT2D eigenvalue weighted by atomic mass is 10.0. The number of ketones is 1. The van der Waals surface area contributed by atoms with Gasteiger partial charge in [0.25, 0.3) is 0 Å². The van der Waals surface area contributed by atoms with Crippen LogP contribution in [0.1, 0.15) is 47.8 Å². The average Bonchev–Trinajstić information content (AvgIpc) is 3.71. The van der Waals surface area contributed by atoms with E-state index >= 15 is 0 Å². The molecule has 4 aromatic heterocycles. The molecule has 2 saturated heterocycles. The minimum absolute atomic E-state index is 0.0599. The fourth-order valence-electron chi connectivity index (χ4n) is 6.52. The van der Waals surface area contributed by atoms with Crippen LogP contribution in [0.4, 0.5) is 10.2 Å². The summed E-state index contributed by atoms with van der Waals surface area (Å²) in [7, 11) is 0. The van der Waals surface area contributed by atoms with Gasteiger partial charge in [0.1, 0.15) is 24.0 Å². The summed E-state index contributed by atoms with van der Waals surface area (Å²) >= 11 is 0. The van der Waals surface area contributed by atoms with Crippen LogP contribution in [0, 0.1) is 0 Å². The number of aromatic amines is 1. The lowest BCUT2D eigenvalue weighted by Gasteiger charge is -2.33. The van der Waals surface area contributed by atoms with Crippen molar-refractivity contribution in [2.45, 2.75) is 44.4 Å². The molecule has 0 bridgehead atoms. The number of hydrogen-bond acceptors (Lipinski definition) is 7. The van der Waals surface area contributed by atoms with Crippen molar-refractivity contribution in [1.29, 1.82) is 0 Å². The van der Waals surface area contributed by atoms with Crippen LogP contribution in [0.2, 0.25) is 0 Å². The Hall–Kier alpha value is -4.38. The quantitative estimate of drug-likeness (QED) is 0.283. The number of nitrogens with zero attached hydrogens (tertiary/aromatic N) is 7. The number of rotatable bonds is 8. The van der Waals surface area contributed by atoms with Crippen molar-refractivity contribution < 1.29 is 9.18 Å². The van der Waals surface area contributed by atoms with Gasteiger partial charge in [0.2, 0.25) is 5.78 Å². The number of pyridine rings is 1. The van der Waals surface area contributed by atoms with E-state index in [0.717, 1.165) is 55.3 Å². The molecule has 0 radical (unpaired) electrons. The normalized spacial score (nSPS) is 18.4. The fourth-order valence-corrected chi connectivity index (χ4v) is 6.52. The second kappa shape index (κ2) is 11.1. The lowest BCUT2D eigenvalue weighted by molar-refractivity contribution is 0.103. The van der Waals surface area contributed by atoms with Gasteiger partial charge in [-0.15, -0.1) is 0 Å². The van der Waals surface area contributed by atoms with Crippen molar-refractivity contribution in [1.82, 2.24) is 34.0 Å². The van der Waals surface area contributed by atoms with E-state index in [1.807, 2.05) is 47.2 Å². The number of piperidine rings is 1. The second-order valence-electron chi connectivity index (χ2n) is 11.3. The molecular weight excluding hydrogens is 535 g/mol. The number of carbonyl (C=O) groups excluding carboxylic acids is 1. The molecule has 0 saturated carbocycles. The first kappa shape index (κ1) is 26.5. The standard InChI is InChI=1S/C31H33FN8O2/c32-21-8-14-37(18-21)12-4-13-39-19-24(23-5-1-2-6-26(23)39)29(41)25-17-28(35-20-34-25)38-15-9-22(10-16-38)40-27-7-3-11-33-30(27)36-31(40)42/h1-3,5-7,11,17,19-22H,4,8-10,12-16,18H2,(H,33,36,42)/t21-/m1/s1. The van der Waals surface area contributed by atoms with Crippen LogP contribution in [0.3, 0.4) is 0 Å². The number of likely N-dealkylation sites (tertiary alicyclic amines) is 1. The van der Waals surface area contributed by atoms with Crippen LogP contribution in [-0.4, -0.2) is 78.6 Å². The minimum Gasteiger partial charge on any atom is -0.356 e. The third-order valence-electron chi connectivity index (χ3n) is 8.65. The van der Waals surface area contributed by atoms with Gasteiger partial charge in [-0.2, -0.15) is 0 Å². The Morgan fingerprint density at radius 2 is 1.81 bits per heavy atom. The van der Waals surface area contributed by atoms with Gasteiger partial charge in [-0.3, -0.25) is 14.3 Å². The highest BCUT2D eigenvalue weighted by Crippen LogP contribution is 2.28. The number of anilines is 1. The van der Waals surface area contributed by atoms with Gasteiger partial charge >= 0.3 is 5.69 Å². The number of halogens is 1. The molecule has 10 nitrogen and oxygen atoms in total. The Labute approximate surface area is 241 Å². The second-order valence-corrected chi connectivity index (χ2v) is 11.3. The van der Waals surface area contributed by atoms with Crippen molar-refractivity contribution >= 4 is 33.7 Å². The molecule has 2 aliphatic heterocycles. The summed E-state index contributed by atoms with van der Waals surface area (Å²) in [6, 6.07) is 13.5. The molecule has 6 heterocycles. The first-order valence-electron chi connectivity index (χ1n) is 14.7. The third kappa shape index (κ3) is 4.98. The van der Waals surface area contributed by atoms with E-state index in [1.54, 1.807) is 12.3 Å². The molecule has 7 rings (SSSR count). The Morgan fingerprint density at radius 3 is 2.64 bits per heavy atom. The SMILES string of the molecule is O=C(c1cc(N2CCC(n3c(=O)[nH]c4ncccc43)CC2)ncn1)c1cn(CCCN2CC[C@@H](F)C2)c2ccccc12. The van der Waals surface area contributed by atoms with Crippen LogP contribution >= 0.6 is 0 Å². The van der Waals surface area contributed by atoms with E-state index in [9.17, 15) is 14.0 Å². The van der Waals surface area contributed by atoms with E-state index in [1.165, 1.54) is 6.33 Å². The van der Waals surface area contributed by atoms with E-state index in [4.69, 9.17) is 0 Å². The van der Waals surface area contributed by atoms with Crippen LogP contribution in [0.25, 0.3) is 22.1 Å². The Bertz CT molecular complexity index is 1800. The number of fused-ring (bicyclic) bond motifs is 2. The van der Waals surface area contributed by atoms with Crippen LogP contribution in [0.5, 0.6) is 0 Å². The Kier molecular flexibility index (Phi) is 7.02. The van der Waals surface area contributed by atoms with Crippen molar-refractivity contribution in [3.8, 4) is 0 Å². The fraction of sp³-hybridized carbons (Fsp3) is 0.387. The Balaban J connectivity index is 1.07. The number of imidazole rings is 1. The first-order chi connectivity index (χ1) is 20.5. The molecule has 0 unspecified atom stereocenters. The molecule has 0 amide bonds. The number of carbonyl (C=O) groups is 1. The highest BCUT2D eigenvalue weighted by molar-refractivity contribution is 6.15. The summed E-state index contributed by atoms with van der Waals surface area (Å²) in [6.45, 7) is 4.32. The van der Waals surface area contributed by atoms with Crippen LogP contribution < -0.4 is 10.6 Å². The van der Waals surface area contributed by atoms with Gasteiger partial charge in [0.05, 0.1) is 5.52 Å². The van der Waals surface area contributed by atoms with Crippen molar-refractivity contribution in [2.24, 2.45) is 0 Å². The maximum Gasteiger partial charge on any atom is 0.327 e. The number of hydrogen-bond donors (Lipinski definition) is 1. The van der Waals surface area contributed by atoms with E-state index < -0.39 is 6.17 Å². The van der Waals surface area contributed by atoms with Gasteiger partial charge < -0.3 is 14.4 Å². The van der Waals surface area contributed by atoms with Crippen molar-refractivity contribution in [2.75, 3.05) is 37.6 Å². The summed E-state index contributed by atoms with van der Waals surface area (Å²) in [5.41, 5.74) is 3.26. The lowest BCUT2D eigenvalue weighted by Crippen LogP contribution is -2.37. The molecule has 1 aromatic carbocycles. The van der Waals surface area contributed by atoms with Crippen LogP contribution in [-0.2, 0) is 6.54 Å². The van der Waals surface area contributed by atoms with E-state index in [0.29, 0.717) is 48.8 Å². The average molecular weight is 569 g/mol. The number of para-hydroxylation sites is 1. The smallest absolute Gasteiger partial charge is 0.327 e. The first-order valence-corrected chi connectivity index (χ1v) is 14.7. The summed E-state index contributed by atoms with van der Waals surface area (Å²) in [5, 5.41) is 0.895. The zero-order valence-corrected chi connectivity index (χ0v) is 23.3. The largest absolute Gasteiger partial charge is 0.356 e. The molecule has 1 atom stereocenters. The molecule has 5 aromatic rings. The number of aromatic nitrogens is 6. The van der Waals surface area contributed by atoms with Gasteiger partial charge in [-0.1, -0.05) is 18.2 Å². The summed E-state index contributed by atoms with van der Waals surface area (Å²) in [4.78, 5) is 46.7. The monoisotopic (exact) mass is 568 g/mol. The number of benzene rings is 1. The molecule has 2 fully saturated rings. The number of alkyl halides is 1. The van der Waals surface area contributed by atoms with Crippen LogP contribution in [0.15, 0.2) is 66.0 Å². The molecule has 2 aliphatic rings.